The Hall–Kier alpha value is -1.56. The molecular weight excluding hydrogens is 240 g/mol. The van der Waals surface area contributed by atoms with E-state index in [0.29, 0.717) is 17.1 Å². The third-order valence-corrected chi connectivity index (χ3v) is 3.14. The molecule has 1 aromatic rings. The summed E-state index contributed by atoms with van der Waals surface area (Å²) < 4.78 is 4.56. The molecule has 0 saturated heterocycles. The number of amides is 1. The fourth-order valence-corrected chi connectivity index (χ4v) is 2.16. The largest absolute Gasteiger partial charge is 0.468 e. The van der Waals surface area contributed by atoms with Crippen LogP contribution in [0.15, 0.2) is 11.4 Å². The van der Waals surface area contributed by atoms with Crippen molar-refractivity contribution in [2.24, 2.45) is 0 Å². The minimum atomic E-state index is -0.429. The standard InChI is InChI=1S/C11H16N2O3S/c1-3-5-13(7-9(14)16-2)11(15)10-8(12)4-6-17-10/h4,6H,3,5,7,12H2,1-2H3. The lowest BCUT2D eigenvalue weighted by molar-refractivity contribution is -0.141. The van der Waals surface area contributed by atoms with Crippen LogP contribution in [-0.4, -0.2) is 37.0 Å². The number of hydrogen-bond donors (Lipinski definition) is 1. The third kappa shape index (κ3) is 3.45. The van der Waals surface area contributed by atoms with Crippen LogP contribution in [0.2, 0.25) is 0 Å². The normalized spacial score (nSPS) is 10.0. The summed E-state index contributed by atoms with van der Waals surface area (Å²) in [4.78, 5) is 25.3. The van der Waals surface area contributed by atoms with Crippen molar-refractivity contribution in [1.82, 2.24) is 4.90 Å². The first-order valence-electron chi connectivity index (χ1n) is 5.29. The van der Waals surface area contributed by atoms with Gasteiger partial charge in [0.25, 0.3) is 5.91 Å². The number of nitrogens with zero attached hydrogens (tertiary/aromatic N) is 1. The van der Waals surface area contributed by atoms with E-state index in [-0.39, 0.29) is 12.5 Å². The van der Waals surface area contributed by atoms with Crippen LogP contribution in [0, 0.1) is 0 Å². The lowest BCUT2D eigenvalue weighted by Gasteiger charge is -2.20. The zero-order chi connectivity index (χ0) is 12.8. The lowest BCUT2D eigenvalue weighted by atomic mass is 10.3. The summed E-state index contributed by atoms with van der Waals surface area (Å²) in [7, 11) is 1.30. The quantitative estimate of drug-likeness (QED) is 0.807. The van der Waals surface area contributed by atoms with Crippen molar-refractivity contribution < 1.29 is 14.3 Å². The Morgan fingerprint density at radius 1 is 1.53 bits per heavy atom. The highest BCUT2D eigenvalue weighted by atomic mass is 32.1. The molecule has 0 aliphatic carbocycles. The van der Waals surface area contributed by atoms with Gasteiger partial charge in [-0.2, -0.15) is 0 Å². The molecule has 0 saturated carbocycles. The number of anilines is 1. The second kappa shape index (κ2) is 6.24. The van der Waals surface area contributed by atoms with Crippen LogP contribution >= 0.6 is 11.3 Å². The molecule has 6 heteroatoms. The summed E-state index contributed by atoms with van der Waals surface area (Å²) in [6.45, 7) is 2.40. The second-order valence-electron chi connectivity index (χ2n) is 3.51. The van der Waals surface area contributed by atoms with E-state index >= 15 is 0 Å². The summed E-state index contributed by atoms with van der Waals surface area (Å²) in [6.07, 6.45) is 0.772. The van der Waals surface area contributed by atoms with Gasteiger partial charge in [-0.25, -0.2) is 0 Å². The molecule has 5 nitrogen and oxygen atoms in total. The molecule has 1 amide bonds. The molecule has 0 fully saturated rings. The Kier molecular flexibility index (Phi) is 4.96. The number of methoxy groups -OCH3 is 1. The minimum Gasteiger partial charge on any atom is -0.468 e. The maximum absolute atomic E-state index is 12.1. The number of esters is 1. The Bertz CT molecular complexity index is 403. The molecule has 2 N–H and O–H groups in total. The maximum atomic E-state index is 12.1. The first-order chi connectivity index (χ1) is 8.10. The second-order valence-corrected chi connectivity index (χ2v) is 4.42. The zero-order valence-corrected chi connectivity index (χ0v) is 10.8. The van der Waals surface area contributed by atoms with Crippen LogP contribution < -0.4 is 5.73 Å². The number of nitrogens with two attached hydrogens (primary N) is 1. The Morgan fingerprint density at radius 3 is 2.71 bits per heavy atom. The number of hydrogen-bond acceptors (Lipinski definition) is 5. The van der Waals surface area contributed by atoms with Crippen LogP contribution in [0.4, 0.5) is 5.69 Å². The predicted octanol–water partition coefficient (Wildman–Crippen LogP) is 1.36. The molecule has 0 spiro atoms. The van der Waals surface area contributed by atoms with Gasteiger partial charge in [-0.1, -0.05) is 6.92 Å². The SMILES string of the molecule is CCCN(CC(=O)OC)C(=O)c1sccc1N. The number of thiophene rings is 1. The molecule has 1 rings (SSSR count). The average molecular weight is 256 g/mol. The van der Waals surface area contributed by atoms with Crippen LogP contribution in [0.25, 0.3) is 0 Å². The Balaban J connectivity index is 2.80. The zero-order valence-electron chi connectivity index (χ0n) is 9.93. The van der Waals surface area contributed by atoms with Gasteiger partial charge in [0, 0.05) is 6.54 Å². The van der Waals surface area contributed by atoms with Crippen molar-refractivity contribution >= 4 is 28.9 Å². The van der Waals surface area contributed by atoms with E-state index in [0.717, 1.165) is 6.42 Å². The number of carbonyl (C=O) groups excluding carboxylic acids is 2. The van der Waals surface area contributed by atoms with Crippen LogP contribution in [0.5, 0.6) is 0 Å². The Morgan fingerprint density at radius 2 is 2.24 bits per heavy atom. The van der Waals surface area contributed by atoms with Gasteiger partial charge in [-0.3, -0.25) is 9.59 Å². The summed E-state index contributed by atoms with van der Waals surface area (Å²) >= 11 is 1.28. The highest BCUT2D eigenvalue weighted by molar-refractivity contribution is 7.12. The summed E-state index contributed by atoms with van der Waals surface area (Å²) in [6, 6.07) is 1.68. The van der Waals surface area contributed by atoms with Gasteiger partial charge >= 0.3 is 5.97 Å². The predicted molar refractivity (Wildman–Crippen MR) is 66.9 cm³/mol. The van der Waals surface area contributed by atoms with Gasteiger partial charge in [0.2, 0.25) is 0 Å². The monoisotopic (exact) mass is 256 g/mol. The number of rotatable bonds is 5. The van der Waals surface area contributed by atoms with E-state index in [1.807, 2.05) is 6.92 Å². The summed E-state index contributed by atoms with van der Waals surface area (Å²) in [5, 5.41) is 1.75. The van der Waals surface area contributed by atoms with Gasteiger partial charge in [-0.05, 0) is 17.9 Å². The van der Waals surface area contributed by atoms with E-state index in [2.05, 4.69) is 4.74 Å². The smallest absolute Gasteiger partial charge is 0.325 e. The highest BCUT2D eigenvalue weighted by Crippen LogP contribution is 2.20. The summed E-state index contributed by atoms with van der Waals surface area (Å²) in [5.74, 6) is -0.647. The van der Waals surface area contributed by atoms with Crippen LogP contribution in [0.1, 0.15) is 23.0 Å². The van der Waals surface area contributed by atoms with Gasteiger partial charge in [-0.15, -0.1) is 11.3 Å². The maximum Gasteiger partial charge on any atom is 0.325 e. The fraction of sp³-hybridized carbons (Fsp3) is 0.455. The van der Waals surface area contributed by atoms with Crippen LogP contribution in [-0.2, 0) is 9.53 Å². The lowest BCUT2D eigenvalue weighted by Crippen LogP contribution is -2.36. The number of nitrogen functional groups attached to an aromatic ring is 1. The summed E-state index contributed by atoms with van der Waals surface area (Å²) in [5.41, 5.74) is 6.14. The molecule has 0 aliphatic rings. The third-order valence-electron chi connectivity index (χ3n) is 2.22. The molecule has 0 aromatic carbocycles. The molecule has 0 radical (unpaired) electrons. The van der Waals surface area contributed by atoms with Crippen molar-refractivity contribution in [2.45, 2.75) is 13.3 Å². The molecule has 1 heterocycles. The van der Waals surface area contributed by atoms with E-state index in [1.165, 1.54) is 23.3 Å². The molecule has 0 aliphatic heterocycles. The molecule has 0 unspecified atom stereocenters. The van der Waals surface area contributed by atoms with Crippen molar-refractivity contribution in [2.75, 3.05) is 25.9 Å². The van der Waals surface area contributed by atoms with E-state index in [9.17, 15) is 9.59 Å². The van der Waals surface area contributed by atoms with Crippen molar-refractivity contribution in [1.29, 1.82) is 0 Å². The van der Waals surface area contributed by atoms with Gasteiger partial charge in [0.1, 0.15) is 11.4 Å². The van der Waals surface area contributed by atoms with Crippen LogP contribution in [0.3, 0.4) is 0 Å². The molecule has 17 heavy (non-hydrogen) atoms. The van der Waals surface area contributed by atoms with E-state index in [4.69, 9.17) is 5.73 Å². The van der Waals surface area contributed by atoms with E-state index < -0.39 is 5.97 Å². The topological polar surface area (TPSA) is 72.6 Å². The fourth-order valence-electron chi connectivity index (χ4n) is 1.38. The number of ether oxygens (including phenoxy) is 1. The van der Waals surface area contributed by atoms with Crippen molar-refractivity contribution in [3.05, 3.63) is 16.3 Å². The first-order valence-corrected chi connectivity index (χ1v) is 6.17. The molecule has 94 valence electrons. The van der Waals surface area contributed by atoms with Crippen molar-refractivity contribution in [3.8, 4) is 0 Å². The van der Waals surface area contributed by atoms with E-state index in [1.54, 1.807) is 11.4 Å². The average Bonchev–Trinajstić information content (AvgIpc) is 2.73. The molecule has 0 atom stereocenters. The van der Waals surface area contributed by atoms with Gasteiger partial charge in [0.15, 0.2) is 0 Å². The molecule has 1 aromatic heterocycles. The minimum absolute atomic E-state index is 0.0412. The molecule has 0 bridgehead atoms. The Labute approximate surface area is 104 Å². The van der Waals surface area contributed by atoms with Crippen molar-refractivity contribution in [3.63, 3.8) is 0 Å². The first kappa shape index (κ1) is 13.5. The number of carbonyl (C=O) groups is 2. The molecular formula is C11H16N2O3S. The van der Waals surface area contributed by atoms with Gasteiger partial charge < -0.3 is 15.4 Å². The highest BCUT2D eigenvalue weighted by Gasteiger charge is 2.21. The van der Waals surface area contributed by atoms with Gasteiger partial charge in [0.05, 0.1) is 12.8 Å².